The predicted octanol–water partition coefficient (Wildman–Crippen LogP) is 4.00. The van der Waals surface area contributed by atoms with E-state index in [2.05, 4.69) is 15.3 Å². The normalized spacial score (nSPS) is 15.9. The van der Waals surface area contributed by atoms with Gasteiger partial charge < -0.3 is 10.1 Å². The summed E-state index contributed by atoms with van der Waals surface area (Å²) in [5.41, 5.74) is 1.96. The van der Waals surface area contributed by atoms with E-state index in [1.54, 1.807) is 10.7 Å². The fourth-order valence-corrected chi connectivity index (χ4v) is 3.94. The zero-order valence-corrected chi connectivity index (χ0v) is 18.2. The van der Waals surface area contributed by atoms with Gasteiger partial charge in [0, 0.05) is 25.3 Å². The number of carbonyl (C=O) groups is 1. The number of carbonyl (C=O) groups excluding carboxylic acids is 1. The maximum absolute atomic E-state index is 13.0. The van der Waals surface area contributed by atoms with Gasteiger partial charge >= 0.3 is 6.18 Å². The lowest BCUT2D eigenvalue weighted by Gasteiger charge is -2.35. The topological polar surface area (TPSA) is 59.4 Å². The summed E-state index contributed by atoms with van der Waals surface area (Å²) in [6.45, 7) is 4.43. The number of hydrogen-bond donors (Lipinski definition) is 1. The molecule has 1 amide bonds. The van der Waals surface area contributed by atoms with Crippen molar-refractivity contribution in [3.05, 3.63) is 83.2 Å². The van der Waals surface area contributed by atoms with Crippen LogP contribution in [0.25, 0.3) is 5.69 Å². The van der Waals surface area contributed by atoms with E-state index in [1.807, 2.05) is 37.3 Å². The van der Waals surface area contributed by atoms with E-state index in [0.717, 1.165) is 23.5 Å². The van der Waals surface area contributed by atoms with E-state index in [0.29, 0.717) is 31.9 Å². The Kier molecular flexibility index (Phi) is 6.80. The molecule has 0 saturated carbocycles. The van der Waals surface area contributed by atoms with Gasteiger partial charge in [-0.25, -0.2) is 4.68 Å². The van der Waals surface area contributed by atoms with Gasteiger partial charge in [-0.1, -0.05) is 30.3 Å². The number of morpholine rings is 1. The van der Waals surface area contributed by atoms with Gasteiger partial charge in [-0.15, -0.1) is 0 Å². The summed E-state index contributed by atoms with van der Waals surface area (Å²) >= 11 is 0. The first kappa shape index (κ1) is 23.0. The summed E-state index contributed by atoms with van der Waals surface area (Å²) in [5.74, 6) is -0.335. The highest BCUT2D eigenvalue weighted by atomic mass is 19.4. The number of para-hydroxylation sites is 1. The highest BCUT2D eigenvalue weighted by Gasteiger charge is 2.31. The number of nitrogens with one attached hydrogen (secondary N) is 1. The first-order valence-electron chi connectivity index (χ1n) is 10.7. The number of nitrogens with zero attached hydrogens (tertiary/aromatic N) is 3. The molecule has 0 spiro atoms. The molecule has 1 unspecified atom stereocenters. The summed E-state index contributed by atoms with van der Waals surface area (Å²) < 4.78 is 46.1. The second kappa shape index (κ2) is 9.76. The lowest BCUT2D eigenvalue weighted by atomic mass is 10.0. The van der Waals surface area contributed by atoms with Crippen LogP contribution in [0.5, 0.6) is 0 Å². The first-order chi connectivity index (χ1) is 15.8. The van der Waals surface area contributed by atoms with Crippen molar-refractivity contribution >= 4 is 5.91 Å². The van der Waals surface area contributed by atoms with Crippen LogP contribution in [-0.2, 0) is 10.9 Å². The van der Waals surface area contributed by atoms with Crippen molar-refractivity contribution in [2.24, 2.45) is 0 Å². The third-order valence-corrected chi connectivity index (χ3v) is 5.69. The third-order valence-electron chi connectivity index (χ3n) is 5.69. The maximum Gasteiger partial charge on any atom is 0.416 e. The SMILES string of the molecule is Cc1cc(C(=O)NCC(c2ccc(C(F)(F)F)cc2)N2CCOCC2)nn1-c1ccccc1. The molecule has 1 aliphatic rings. The van der Waals surface area contributed by atoms with Crippen molar-refractivity contribution in [1.82, 2.24) is 20.0 Å². The summed E-state index contributed by atoms with van der Waals surface area (Å²) in [5, 5.41) is 7.34. The van der Waals surface area contributed by atoms with E-state index < -0.39 is 11.7 Å². The molecule has 1 aliphatic heterocycles. The van der Waals surface area contributed by atoms with Crippen molar-refractivity contribution in [2.45, 2.75) is 19.1 Å². The molecule has 1 atom stereocenters. The van der Waals surface area contributed by atoms with Gasteiger partial charge in [-0.3, -0.25) is 9.69 Å². The minimum absolute atomic E-state index is 0.238. The molecule has 0 radical (unpaired) electrons. The molecule has 1 N–H and O–H groups in total. The fourth-order valence-electron chi connectivity index (χ4n) is 3.94. The number of amides is 1. The van der Waals surface area contributed by atoms with Crippen LogP contribution in [0.4, 0.5) is 13.2 Å². The van der Waals surface area contributed by atoms with E-state index in [-0.39, 0.29) is 24.2 Å². The Morgan fingerprint density at radius 3 is 2.39 bits per heavy atom. The molecule has 1 aromatic heterocycles. The lowest BCUT2D eigenvalue weighted by molar-refractivity contribution is -0.137. The van der Waals surface area contributed by atoms with Crippen LogP contribution in [-0.4, -0.2) is 53.4 Å². The van der Waals surface area contributed by atoms with Crippen LogP contribution < -0.4 is 5.32 Å². The minimum Gasteiger partial charge on any atom is -0.379 e. The Balaban J connectivity index is 1.50. The van der Waals surface area contributed by atoms with Gasteiger partial charge in [0.25, 0.3) is 5.91 Å². The van der Waals surface area contributed by atoms with Gasteiger partial charge in [0.1, 0.15) is 0 Å². The van der Waals surface area contributed by atoms with Crippen LogP contribution in [0.3, 0.4) is 0 Å². The fraction of sp³-hybridized carbons (Fsp3) is 0.333. The molecular formula is C24H25F3N4O2. The largest absolute Gasteiger partial charge is 0.416 e. The molecule has 2 heterocycles. The Morgan fingerprint density at radius 1 is 1.09 bits per heavy atom. The monoisotopic (exact) mass is 458 g/mol. The zero-order valence-electron chi connectivity index (χ0n) is 18.2. The Morgan fingerprint density at radius 2 is 1.76 bits per heavy atom. The summed E-state index contributed by atoms with van der Waals surface area (Å²) in [6.07, 6.45) is -4.39. The van der Waals surface area contributed by atoms with Crippen LogP contribution in [0.2, 0.25) is 0 Å². The number of rotatable bonds is 6. The van der Waals surface area contributed by atoms with E-state index >= 15 is 0 Å². The molecule has 1 fully saturated rings. The van der Waals surface area contributed by atoms with E-state index in [1.165, 1.54) is 12.1 Å². The highest BCUT2D eigenvalue weighted by Crippen LogP contribution is 2.31. The number of aryl methyl sites for hydroxylation is 1. The second-order valence-electron chi connectivity index (χ2n) is 7.91. The zero-order chi connectivity index (χ0) is 23.4. The predicted molar refractivity (Wildman–Crippen MR) is 117 cm³/mol. The average molecular weight is 458 g/mol. The van der Waals surface area contributed by atoms with Gasteiger partial charge in [-0.2, -0.15) is 18.3 Å². The van der Waals surface area contributed by atoms with Crippen molar-refractivity contribution < 1.29 is 22.7 Å². The molecule has 2 aromatic carbocycles. The Hall–Kier alpha value is -3.17. The number of alkyl halides is 3. The Labute approximate surface area is 190 Å². The standard InChI is InChI=1S/C24H25F3N4O2/c1-17-15-21(29-31(17)20-5-3-2-4-6-20)23(32)28-16-22(30-11-13-33-14-12-30)18-7-9-19(10-8-18)24(25,26)27/h2-10,15,22H,11-14,16H2,1H3,(H,28,32). The molecule has 6 nitrogen and oxygen atoms in total. The van der Waals surface area contributed by atoms with Crippen LogP contribution in [0, 0.1) is 6.92 Å². The minimum atomic E-state index is -4.39. The molecule has 0 bridgehead atoms. The smallest absolute Gasteiger partial charge is 0.379 e. The van der Waals surface area contributed by atoms with Gasteiger partial charge in [-0.05, 0) is 42.8 Å². The van der Waals surface area contributed by atoms with Crippen molar-refractivity contribution in [3.8, 4) is 5.69 Å². The quantitative estimate of drug-likeness (QED) is 0.607. The summed E-state index contributed by atoms with van der Waals surface area (Å²) in [7, 11) is 0. The molecule has 33 heavy (non-hydrogen) atoms. The highest BCUT2D eigenvalue weighted by molar-refractivity contribution is 5.92. The maximum atomic E-state index is 13.0. The average Bonchev–Trinajstić information content (AvgIpc) is 3.22. The number of aromatic nitrogens is 2. The van der Waals surface area contributed by atoms with Crippen LogP contribution >= 0.6 is 0 Å². The molecule has 9 heteroatoms. The van der Waals surface area contributed by atoms with Crippen molar-refractivity contribution in [3.63, 3.8) is 0 Å². The van der Waals surface area contributed by atoms with E-state index in [9.17, 15) is 18.0 Å². The van der Waals surface area contributed by atoms with Gasteiger partial charge in [0.2, 0.25) is 0 Å². The van der Waals surface area contributed by atoms with Crippen molar-refractivity contribution in [2.75, 3.05) is 32.8 Å². The van der Waals surface area contributed by atoms with Gasteiger partial charge in [0.05, 0.1) is 30.5 Å². The number of benzene rings is 2. The molecule has 1 saturated heterocycles. The van der Waals surface area contributed by atoms with Crippen LogP contribution in [0.1, 0.15) is 33.4 Å². The number of halogens is 3. The molecule has 4 rings (SSSR count). The molecule has 174 valence electrons. The lowest BCUT2D eigenvalue weighted by Crippen LogP contribution is -2.43. The summed E-state index contributed by atoms with van der Waals surface area (Å²) in [4.78, 5) is 15.0. The third kappa shape index (κ3) is 5.43. The first-order valence-corrected chi connectivity index (χ1v) is 10.7. The summed E-state index contributed by atoms with van der Waals surface area (Å²) in [6, 6.07) is 16.0. The van der Waals surface area contributed by atoms with E-state index in [4.69, 9.17) is 4.74 Å². The Bertz CT molecular complexity index is 1080. The molecular weight excluding hydrogens is 433 g/mol. The van der Waals surface area contributed by atoms with Crippen LogP contribution in [0.15, 0.2) is 60.7 Å². The number of ether oxygens (including phenoxy) is 1. The second-order valence-corrected chi connectivity index (χ2v) is 7.91. The molecule has 3 aromatic rings. The van der Waals surface area contributed by atoms with Crippen molar-refractivity contribution in [1.29, 1.82) is 0 Å². The molecule has 0 aliphatic carbocycles. The van der Waals surface area contributed by atoms with Gasteiger partial charge in [0.15, 0.2) is 5.69 Å². The number of hydrogen-bond acceptors (Lipinski definition) is 4.